The second-order valence-electron chi connectivity index (χ2n) is 4.73. The molecule has 0 atom stereocenters. The van der Waals surface area contributed by atoms with Gasteiger partial charge in [-0.2, -0.15) is 0 Å². The van der Waals surface area contributed by atoms with Crippen molar-refractivity contribution in [2.45, 2.75) is 26.8 Å². The highest BCUT2D eigenvalue weighted by Crippen LogP contribution is 2.36. The summed E-state index contributed by atoms with van der Waals surface area (Å²) >= 11 is 0. The average molecular weight is 266 g/mol. The molecule has 5 nitrogen and oxygen atoms in total. The number of benzene rings is 1. The van der Waals surface area contributed by atoms with E-state index < -0.39 is 0 Å². The van der Waals surface area contributed by atoms with Crippen molar-refractivity contribution in [1.29, 1.82) is 0 Å². The third-order valence-corrected chi connectivity index (χ3v) is 2.66. The predicted octanol–water partition coefficient (Wildman–Crippen LogP) is 2.15. The van der Waals surface area contributed by atoms with Gasteiger partial charge in [0.15, 0.2) is 0 Å². The molecule has 1 amide bonds. The number of nitrogens with one attached hydrogen (secondary N) is 1. The van der Waals surface area contributed by atoms with E-state index >= 15 is 0 Å². The lowest BCUT2D eigenvalue weighted by molar-refractivity contribution is -0.116. The highest BCUT2D eigenvalue weighted by molar-refractivity contribution is 5.94. The molecule has 0 fully saturated rings. The van der Waals surface area contributed by atoms with Gasteiger partial charge >= 0.3 is 0 Å². The summed E-state index contributed by atoms with van der Waals surface area (Å²) in [5.41, 5.74) is 7.05. The molecule has 0 aliphatic rings. The Balaban J connectivity index is 3.06. The summed E-state index contributed by atoms with van der Waals surface area (Å²) < 4.78 is 10.6. The van der Waals surface area contributed by atoms with Crippen LogP contribution in [0.25, 0.3) is 0 Å². The maximum atomic E-state index is 11.9. The van der Waals surface area contributed by atoms with Crippen LogP contribution in [-0.2, 0) is 11.3 Å². The van der Waals surface area contributed by atoms with E-state index in [-0.39, 0.29) is 5.91 Å². The zero-order valence-electron chi connectivity index (χ0n) is 11.9. The molecule has 19 heavy (non-hydrogen) atoms. The lowest BCUT2D eigenvalue weighted by Crippen LogP contribution is -2.15. The van der Waals surface area contributed by atoms with Crippen molar-refractivity contribution < 1.29 is 14.3 Å². The number of hydrogen-bond donors (Lipinski definition) is 2. The van der Waals surface area contributed by atoms with Crippen molar-refractivity contribution in [2.24, 2.45) is 11.7 Å². The van der Waals surface area contributed by atoms with Gasteiger partial charge < -0.3 is 20.5 Å². The number of hydrogen-bond acceptors (Lipinski definition) is 4. The number of amides is 1. The van der Waals surface area contributed by atoms with Gasteiger partial charge in [0, 0.05) is 13.0 Å². The summed E-state index contributed by atoms with van der Waals surface area (Å²) in [6.07, 6.45) is 0.449. The first-order valence-electron chi connectivity index (χ1n) is 6.26. The summed E-state index contributed by atoms with van der Waals surface area (Å²) in [5.74, 6) is 1.33. The molecule has 0 radical (unpaired) electrons. The van der Waals surface area contributed by atoms with E-state index in [1.54, 1.807) is 26.4 Å². The van der Waals surface area contributed by atoms with Gasteiger partial charge in [0.1, 0.15) is 17.2 Å². The number of rotatable bonds is 6. The Labute approximate surface area is 114 Å². The van der Waals surface area contributed by atoms with Gasteiger partial charge in [0.2, 0.25) is 5.91 Å². The van der Waals surface area contributed by atoms with Crippen LogP contribution < -0.4 is 20.5 Å². The lowest BCUT2D eigenvalue weighted by Gasteiger charge is -2.16. The number of ether oxygens (including phenoxy) is 2. The fraction of sp³-hybridized carbons (Fsp3) is 0.500. The minimum atomic E-state index is -0.0629. The predicted molar refractivity (Wildman–Crippen MR) is 75.5 cm³/mol. The van der Waals surface area contributed by atoms with Crippen LogP contribution in [-0.4, -0.2) is 20.1 Å². The van der Waals surface area contributed by atoms with Crippen LogP contribution in [0.1, 0.15) is 25.8 Å². The normalized spacial score (nSPS) is 10.4. The molecule has 0 spiro atoms. The second kappa shape index (κ2) is 6.99. The molecule has 0 aliphatic carbocycles. The van der Waals surface area contributed by atoms with Gasteiger partial charge in [-0.3, -0.25) is 4.79 Å². The van der Waals surface area contributed by atoms with Crippen LogP contribution in [0.4, 0.5) is 5.69 Å². The van der Waals surface area contributed by atoms with E-state index in [1.807, 2.05) is 13.8 Å². The first-order valence-corrected chi connectivity index (χ1v) is 6.26. The van der Waals surface area contributed by atoms with Crippen LogP contribution >= 0.6 is 0 Å². The minimum Gasteiger partial charge on any atom is -0.494 e. The summed E-state index contributed by atoms with van der Waals surface area (Å²) in [7, 11) is 3.10. The van der Waals surface area contributed by atoms with Crippen LogP contribution in [0.2, 0.25) is 0 Å². The first-order chi connectivity index (χ1) is 9.01. The summed E-state index contributed by atoms with van der Waals surface area (Å²) in [5, 5.41) is 2.83. The zero-order chi connectivity index (χ0) is 14.4. The van der Waals surface area contributed by atoms with Gasteiger partial charge in [0.05, 0.1) is 14.2 Å². The molecule has 0 bridgehead atoms. The molecule has 106 valence electrons. The van der Waals surface area contributed by atoms with Gasteiger partial charge in [-0.05, 0) is 23.6 Å². The number of anilines is 1. The van der Waals surface area contributed by atoms with Crippen LogP contribution in [0.3, 0.4) is 0 Å². The van der Waals surface area contributed by atoms with E-state index in [2.05, 4.69) is 5.32 Å². The van der Waals surface area contributed by atoms with E-state index in [0.717, 1.165) is 5.56 Å². The Morgan fingerprint density at radius 3 is 2.16 bits per heavy atom. The van der Waals surface area contributed by atoms with Crippen molar-refractivity contribution in [2.75, 3.05) is 19.5 Å². The zero-order valence-corrected chi connectivity index (χ0v) is 11.9. The van der Waals surface area contributed by atoms with E-state index in [9.17, 15) is 4.79 Å². The largest absolute Gasteiger partial charge is 0.494 e. The standard InChI is InChI=1S/C14H22N2O3/c1-9(2)5-13(17)16-14-11(18-3)6-10(8-15)7-12(14)19-4/h6-7,9H,5,8,15H2,1-4H3,(H,16,17). The molecule has 1 rings (SSSR count). The highest BCUT2D eigenvalue weighted by Gasteiger charge is 2.15. The van der Waals surface area contributed by atoms with Crippen LogP contribution in [0.15, 0.2) is 12.1 Å². The average Bonchev–Trinajstić information content (AvgIpc) is 2.37. The summed E-state index contributed by atoms with van der Waals surface area (Å²) in [4.78, 5) is 11.9. The lowest BCUT2D eigenvalue weighted by atomic mass is 10.1. The number of nitrogens with two attached hydrogens (primary N) is 1. The molecule has 3 N–H and O–H groups in total. The molecule has 0 saturated carbocycles. The highest BCUT2D eigenvalue weighted by atomic mass is 16.5. The maximum absolute atomic E-state index is 11.9. The van der Waals surface area contributed by atoms with Crippen molar-refractivity contribution in [3.63, 3.8) is 0 Å². The maximum Gasteiger partial charge on any atom is 0.224 e. The summed E-state index contributed by atoms with van der Waals surface area (Å²) in [6, 6.07) is 3.60. The molecule has 0 aliphatic heterocycles. The van der Waals surface area contributed by atoms with Gasteiger partial charge in [-0.1, -0.05) is 13.8 Å². The van der Waals surface area contributed by atoms with E-state index in [1.165, 1.54) is 0 Å². The van der Waals surface area contributed by atoms with E-state index in [0.29, 0.717) is 36.1 Å². The number of methoxy groups -OCH3 is 2. The molecule has 0 unspecified atom stereocenters. The second-order valence-corrected chi connectivity index (χ2v) is 4.73. The molecular weight excluding hydrogens is 244 g/mol. The molecule has 0 saturated heterocycles. The Morgan fingerprint density at radius 1 is 1.26 bits per heavy atom. The van der Waals surface area contributed by atoms with Crippen molar-refractivity contribution in [3.8, 4) is 11.5 Å². The fourth-order valence-electron chi connectivity index (χ4n) is 1.77. The third kappa shape index (κ3) is 4.13. The Bertz CT molecular complexity index is 419. The third-order valence-electron chi connectivity index (χ3n) is 2.66. The first kappa shape index (κ1) is 15.3. The molecule has 1 aromatic rings. The molecule has 1 aromatic carbocycles. The number of carbonyl (C=O) groups is 1. The topological polar surface area (TPSA) is 73.6 Å². The molecule has 0 aromatic heterocycles. The smallest absolute Gasteiger partial charge is 0.224 e. The minimum absolute atomic E-state index is 0.0629. The Morgan fingerprint density at radius 2 is 1.79 bits per heavy atom. The SMILES string of the molecule is COc1cc(CN)cc(OC)c1NC(=O)CC(C)C. The monoisotopic (exact) mass is 266 g/mol. The van der Waals surface area contributed by atoms with Crippen LogP contribution in [0.5, 0.6) is 11.5 Å². The van der Waals surface area contributed by atoms with E-state index in [4.69, 9.17) is 15.2 Å². The van der Waals surface area contributed by atoms with Crippen LogP contribution in [0, 0.1) is 5.92 Å². The van der Waals surface area contributed by atoms with Crippen molar-refractivity contribution in [1.82, 2.24) is 0 Å². The quantitative estimate of drug-likeness (QED) is 0.827. The summed E-state index contributed by atoms with van der Waals surface area (Å²) in [6.45, 7) is 4.37. The van der Waals surface area contributed by atoms with Gasteiger partial charge in [0.25, 0.3) is 0 Å². The molecule has 0 heterocycles. The Kier molecular flexibility index (Phi) is 5.63. The Hall–Kier alpha value is -1.75. The molecule has 5 heteroatoms. The number of carbonyl (C=O) groups excluding carboxylic acids is 1. The van der Waals surface area contributed by atoms with Gasteiger partial charge in [-0.15, -0.1) is 0 Å². The fourth-order valence-corrected chi connectivity index (χ4v) is 1.77. The van der Waals surface area contributed by atoms with Crippen molar-refractivity contribution >= 4 is 11.6 Å². The van der Waals surface area contributed by atoms with Crippen molar-refractivity contribution in [3.05, 3.63) is 17.7 Å². The molecular formula is C14H22N2O3. The van der Waals surface area contributed by atoms with Gasteiger partial charge in [-0.25, -0.2) is 0 Å².